The van der Waals surface area contributed by atoms with Crippen molar-refractivity contribution < 1.29 is 4.74 Å². The molecule has 0 amide bonds. The molecule has 3 aromatic carbocycles. The highest BCUT2D eigenvalue weighted by Gasteiger charge is 2.11. The maximum atomic E-state index is 5.79. The summed E-state index contributed by atoms with van der Waals surface area (Å²) in [6.45, 7) is 2.73. The second-order valence-corrected chi connectivity index (χ2v) is 6.50. The Morgan fingerprint density at radius 1 is 0.769 bits per heavy atom. The van der Waals surface area contributed by atoms with E-state index in [9.17, 15) is 0 Å². The monoisotopic (exact) mass is 346 g/mol. The van der Waals surface area contributed by atoms with Gasteiger partial charge >= 0.3 is 0 Å². The van der Waals surface area contributed by atoms with Gasteiger partial charge in [0.1, 0.15) is 5.75 Å². The summed E-state index contributed by atoms with van der Waals surface area (Å²) in [5, 5.41) is 0. The predicted molar refractivity (Wildman–Crippen MR) is 108 cm³/mol. The molecule has 134 valence electrons. The SMILES string of the molecule is COc1ccccc1CN(CCc1ccc(N)cc1)Cc1ccccc1. The van der Waals surface area contributed by atoms with E-state index in [-0.39, 0.29) is 0 Å². The van der Waals surface area contributed by atoms with Crippen LogP contribution in [0.25, 0.3) is 0 Å². The minimum atomic E-state index is 0.809. The normalized spacial score (nSPS) is 10.8. The molecule has 0 saturated carbocycles. The first-order valence-corrected chi connectivity index (χ1v) is 8.97. The summed E-state index contributed by atoms with van der Waals surface area (Å²) in [5.41, 5.74) is 10.4. The molecule has 0 saturated heterocycles. The number of hydrogen-bond donors (Lipinski definition) is 1. The molecule has 0 spiro atoms. The number of nitrogens with two attached hydrogens (primary N) is 1. The van der Waals surface area contributed by atoms with Crippen molar-refractivity contribution in [2.24, 2.45) is 0 Å². The molecule has 26 heavy (non-hydrogen) atoms. The average molecular weight is 346 g/mol. The second-order valence-electron chi connectivity index (χ2n) is 6.50. The largest absolute Gasteiger partial charge is 0.496 e. The van der Waals surface area contributed by atoms with E-state index in [0.29, 0.717) is 0 Å². The molecule has 0 fully saturated rings. The number of nitrogens with zero attached hydrogens (tertiary/aromatic N) is 1. The summed E-state index contributed by atoms with van der Waals surface area (Å²) in [6, 6.07) is 27.0. The minimum Gasteiger partial charge on any atom is -0.496 e. The Morgan fingerprint density at radius 2 is 1.46 bits per heavy atom. The van der Waals surface area contributed by atoms with Crippen LogP contribution in [0, 0.1) is 0 Å². The standard InChI is InChI=1S/C23H26N2O/c1-26-23-10-6-5-9-21(23)18-25(17-20-7-3-2-4-8-20)16-15-19-11-13-22(24)14-12-19/h2-14H,15-18,24H2,1H3. The summed E-state index contributed by atoms with van der Waals surface area (Å²) in [4.78, 5) is 2.46. The highest BCUT2D eigenvalue weighted by molar-refractivity contribution is 5.39. The summed E-state index contributed by atoms with van der Waals surface area (Å²) in [5.74, 6) is 0.943. The zero-order chi connectivity index (χ0) is 18.2. The molecular weight excluding hydrogens is 320 g/mol. The molecule has 0 aromatic heterocycles. The Kier molecular flexibility index (Phi) is 6.29. The molecule has 3 aromatic rings. The van der Waals surface area contributed by atoms with E-state index in [1.807, 2.05) is 24.3 Å². The number of nitrogen functional groups attached to an aromatic ring is 1. The molecule has 0 unspecified atom stereocenters. The van der Waals surface area contributed by atoms with Crippen LogP contribution < -0.4 is 10.5 Å². The lowest BCUT2D eigenvalue weighted by Crippen LogP contribution is -2.25. The quantitative estimate of drug-likeness (QED) is 0.609. The van der Waals surface area contributed by atoms with Crippen molar-refractivity contribution in [3.8, 4) is 5.75 Å². The maximum Gasteiger partial charge on any atom is 0.123 e. The number of para-hydroxylation sites is 1. The van der Waals surface area contributed by atoms with Gasteiger partial charge < -0.3 is 10.5 Å². The van der Waals surface area contributed by atoms with Crippen molar-refractivity contribution in [3.05, 3.63) is 95.6 Å². The molecule has 3 nitrogen and oxygen atoms in total. The van der Waals surface area contributed by atoms with Crippen molar-refractivity contribution in [2.45, 2.75) is 19.5 Å². The van der Waals surface area contributed by atoms with Gasteiger partial charge in [0.15, 0.2) is 0 Å². The summed E-state index contributed by atoms with van der Waals surface area (Å²) < 4.78 is 5.53. The lowest BCUT2D eigenvalue weighted by molar-refractivity contribution is 0.255. The van der Waals surface area contributed by atoms with Crippen LogP contribution in [0.3, 0.4) is 0 Å². The first-order chi connectivity index (χ1) is 12.7. The number of hydrogen-bond acceptors (Lipinski definition) is 3. The summed E-state index contributed by atoms with van der Waals surface area (Å²) in [7, 11) is 1.73. The van der Waals surface area contributed by atoms with Crippen LogP contribution >= 0.6 is 0 Å². The predicted octanol–water partition coefficient (Wildman–Crippen LogP) is 4.52. The number of benzene rings is 3. The van der Waals surface area contributed by atoms with Gasteiger partial charge in [0.25, 0.3) is 0 Å². The fourth-order valence-corrected chi connectivity index (χ4v) is 3.10. The van der Waals surface area contributed by atoms with E-state index in [1.165, 1.54) is 16.7 Å². The van der Waals surface area contributed by atoms with Crippen LogP contribution in [0.2, 0.25) is 0 Å². The van der Waals surface area contributed by atoms with Gasteiger partial charge in [0.05, 0.1) is 7.11 Å². The van der Waals surface area contributed by atoms with Crippen LogP contribution in [0.15, 0.2) is 78.9 Å². The first kappa shape index (κ1) is 18.0. The summed E-state index contributed by atoms with van der Waals surface area (Å²) >= 11 is 0. The highest BCUT2D eigenvalue weighted by atomic mass is 16.5. The average Bonchev–Trinajstić information content (AvgIpc) is 2.68. The highest BCUT2D eigenvalue weighted by Crippen LogP contribution is 2.21. The Labute approximate surface area is 156 Å². The second kappa shape index (κ2) is 9.07. The number of rotatable bonds is 8. The Bertz CT molecular complexity index is 800. The smallest absolute Gasteiger partial charge is 0.123 e. The molecule has 2 N–H and O–H groups in total. The summed E-state index contributed by atoms with van der Waals surface area (Å²) in [6.07, 6.45) is 0.988. The van der Waals surface area contributed by atoms with E-state index in [2.05, 4.69) is 59.5 Å². The molecule has 0 aliphatic rings. The topological polar surface area (TPSA) is 38.5 Å². The van der Waals surface area contributed by atoms with E-state index in [4.69, 9.17) is 10.5 Å². The number of anilines is 1. The van der Waals surface area contributed by atoms with Crippen LogP contribution in [0.4, 0.5) is 5.69 Å². The molecular formula is C23H26N2O. The van der Waals surface area contributed by atoms with Gasteiger partial charge in [-0.25, -0.2) is 0 Å². The van der Waals surface area contributed by atoms with E-state index < -0.39 is 0 Å². The third-order valence-corrected chi connectivity index (χ3v) is 4.53. The van der Waals surface area contributed by atoms with E-state index in [1.54, 1.807) is 7.11 Å². The fourth-order valence-electron chi connectivity index (χ4n) is 3.10. The van der Waals surface area contributed by atoms with Crippen LogP contribution in [-0.2, 0) is 19.5 Å². The van der Waals surface area contributed by atoms with Crippen LogP contribution in [-0.4, -0.2) is 18.6 Å². The van der Waals surface area contributed by atoms with Gasteiger partial charge in [-0.2, -0.15) is 0 Å². The van der Waals surface area contributed by atoms with Gasteiger partial charge in [0.2, 0.25) is 0 Å². The first-order valence-electron chi connectivity index (χ1n) is 8.97. The Hall–Kier alpha value is -2.78. The zero-order valence-corrected chi connectivity index (χ0v) is 15.3. The number of ether oxygens (including phenoxy) is 1. The van der Waals surface area contributed by atoms with Gasteiger partial charge in [-0.05, 0) is 35.7 Å². The molecule has 0 aliphatic heterocycles. The van der Waals surface area contributed by atoms with Crippen molar-refractivity contribution in [2.75, 3.05) is 19.4 Å². The molecule has 0 bridgehead atoms. The van der Waals surface area contributed by atoms with Crippen molar-refractivity contribution in [1.29, 1.82) is 0 Å². The van der Waals surface area contributed by atoms with Crippen LogP contribution in [0.1, 0.15) is 16.7 Å². The molecule has 3 heteroatoms. The van der Waals surface area contributed by atoms with Crippen LogP contribution in [0.5, 0.6) is 5.75 Å². The van der Waals surface area contributed by atoms with Gasteiger partial charge in [-0.1, -0.05) is 60.7 Å². The lowest BCUT2D eigenvalue weighted by atomic mass is 10.1. The van der Waals surface area contributed by atoms with E-state index in [0.717, 1.165) is 37.5 Å². The number of methoxy groups -OCH3 is 1. The third kappa shape index (κ3) is 5.11. The van der Waals surface area contributed by atoms with Crippen molar-refractivity contribution >= 4 is 5.69 Å². The molecule has 3 rings (SSSR count). The molecule has 0 atom stereocenters. The molecule has 0 aliphatic carbocycles. The minimum absolute atomic E-state index is 0.809. The van der Waals surface area contributed by atoms with Gasteiger partial charge in [-0.3, -0.25) is 4.90 Å². The van der Waals surface area contributed by atoms with Crippen molar-refractivity contribution in [3.63, 3.8) is 0 Å². The zero-order valence-electron chi connectivity index (χ0n) is 15.3. The molecule has 0 radical (unpaired) electrons. The van der Waals surface area contributed by atoms with E-state index >= 15 is 0 Å². The Morgan fingerprint density at radius 3 is 2.19 bits per heavy atom. The Balaban J connectivity index is 1.73. The molecule has 0 heterocycles. The third-order valence-electron chi connectivity index (χ3n) is 4.53. The lowest BCUT2D eigenvalue weighted by Gasteiger charge is -2.23. The van der Waals surface area contributed by atoms with Crippen molar-refractivity contribution in [1.82, 2.24) is 4.90 Å². The van der Waals surface area contributed by atoms with Gasteiger partial charge in [-0.15, -0.1) is 0 Å². The maximum absolute atomic E-state index is 5.79. The fraction of sp³-hybridized carbons (Fsp3) is 0.217. The van der Waals surface area contributed by atoms with Gasteiger partial charge in [0, 0.05) is 30.9 Å².